The van der Waals surface area contributed by atoms with Gasteiger partial charge in [-0.25, -0.2) is 4.18 Å². The lowest BCUT2D eigenvalue weighted by Gasteiger charge is -2.36. The van der Waals surface area contributed by atoms with Crippen LogP contribution in [0.25, 0.3) is 0 Å². The number of fused-ring (bicyclic) bond motifs is 1. The molecule has 0 bridgehead atoms. The second-order valence-corrected chi connectivity index (χ2v) is 14.8. The van der Waals surface area contributed by atoms with Crippen LogP contribution in [-0.2, 0) is 62.8 Å². The molecule has 1 N–H and O–H groups in total. The first-order valence-electron chi connectivity index (χ1n) is 15.8. The molecule has 254 valence electrons. The van der Waals surface area contributed by atoms with E-state index in [0.717, 1.165) is 16.7 Å². The van der Waals surface area contributed by atoms with Crippen LogP contribution in [0.3, 0.4) is 0 Å². The van der Waals surface area contributed by atoms with Crippen LogP contribution in [0.5, 0.6) is 0 Å². The van der Waals surface area contributed by atoms with Gasteiger partial charge >= 0.3 is 10.4 Å². The lowest BCUT2D eigenvalue weighted by molar-refractivity contribution is -0.214. The molecular weight excluding hydrogens is 645 g/mol. The minimum atomic E-state index is -4.84. The maximum atomic E-state index is 12.0. The number of hydrogen-bond donors (Lipinski definition) is 2. The van der Waals surface area contributed by atoms with Gasteiger partial charge in [-0.3, -0.25) is 4.55 Å². The van der Waals surface area contributed by atoms with Gasteiger partial charge in [-0.1, -0.05) is 91.0 Å². The van der Waals surface area contributed by atoms with Crippen molar-refractivity contribution in [3.8, 4) is 0 Å². The van der Waals surface area contributed by atoms with Crippen LogP contribution < -0.4 is 0 Å². The summed E-state index contributed by atoms with van der Waals surface area (Å²) < 4.78 is 75.7. The third kappa shape index (κ3) is 8.82. The zero-order chi connectivity index (χ0) is 33.1. The summed E-state index contributed by atoms with van der Waals surface area (Å²) in [6.07, 6.45) is -3.93. The first-order valence-corrected chi connectivity index (χ1v) is 17.6. The Bertz CT molecular complexity index is 1540. The van der Waals surface area contributed by atoms with E-state index in [1.165, 1.54) is 0 Å². The highest BCUT2D eigenvalue weighted by Crippen LogP contribution is 2.51. The quantitative estimate of drug-likeness (QED) is 0.166. The van der Waals surface area contributed by atoms with Crippen molar-refractivity contribution in [3.63, 3.8) is 0 Å². The highest BCUT2D eigenvalue weighted by atomic mass is 32.3. The summed E-state index contributed by atoms with van der Waals surface area (Å²) in [4.78, 5) is 0. The fourth-order valence-electron chi connectivity index (χ4n) is 6.78. The molecule has 0 radical (unpaired) electrons. The molecule has 0 amide bonds. The van der Waals surface area contributed by atoms with E-state index < -0.39 is 51.6 Å². The monoisotopic (exact) mass is 686 g/mol. The number of rotatable bonds is 14. The SMILES string of the molecule is CC1(C)O[C@H]2O[C@H](CC3(S)C[C@@H](OCc4ccccc4)[C@H](OCc4ccccc4)[C@H]3COCc3ccccc3)[C@H](OS(=O)(=O)O)[C@H]2O1. The molecule has 1 aliphatic carbocycles. The van der Waals surface area contributed by atoms with Crippen molar-refractivity contribution in [2.24, 2.45) is 5.92 Å². The van der Waals surface area contributed by atoms with E-state index in [4.69, 9.17) is 45.2 Å². The number of thiol groups is 1. The zero-order valence-electron chi connectivity index (χ0n) is 26.4. The minimum Gasteiger partial charge on any atom is -0.376 e. The molecule has 47 heavy (non-hydrogen) atoms. The van der Waals surface area contributed by atoms with E-state index >= 15 is 0 Å². The van der Waals surface area contributed by atoms with Gasteiger partial charge in [0.15, 0.2) is 12.1 Å². The average Bonchev–Trinajstić information content (AvgIpc) is 3.60. The molecule has 0 spiro atoms. The Hall–Kier alpha value is -2.36. The molecule has 10 nitrogen and oxygen atoms in total. The van der Waals surface area contributed by atoms with Gasteiger partial charge < -0.3 is 28.4 Å². The van der Waals surface area contributed by atoms with E-state index in [-0.39, 0.29) is 25.0 Å². The molecule has 1 saturated carbocycles. The first kappa shape index (κ1) is 34.5. The van der Waals surface area contributed by atoms with Crippen molar-refractivity contribution in [1.82, 2.24) is 0 Å². The molecule has 2 saturated heterocycles. The van der Waals surface area contributed by atoms with Crippen LogP contribution in [0.15, 0.2) is 91.0 Å². The Morgan fingerprint density at radius 2 is 1.36 bits per heavy atom. The van der Waals surface area contributed by atoms with Crippen LogP contribution in [0, 0.1) is 5.92 Å². The molecule has 2 aliphatic heterocycles. The minimum absolute atomic E-state index is 0.214. The molecule has 3 aromatic carbocycles. The smallest absolute Gasteiger partial charge is 0.376 e. The highest BCUT2D eigenvalue weighted by Gasteiger charge is 2.61. The van der Waals surface area contributed by atoms with Gasteiger partial charge in [0, 0.05) is 10.7 Å². The van der Waals surface area contributed by atoms with Crippen molar-refractivity contribution in [2.45, 2.75) is 93.9 Å². The van der Waals surface area contributed by atoms with Gasteiger partial charge in [0.05, 0.1) is 44.7 Å². The maximum absolute atomic E-state index is 12.0. The first-order chi connectivity index (χ1) is 22.5. The lowest BCUT2D eigenvalue weighted by atomic mass is 9.87. The second-order valence-electron chi connectivity index (χ2n) is 12.8. The number of benzene rings is 3. The number of ether oxygens (including phenoxy) is 6. The fourth-order valence-corrected chi connectivity index (χ4v) is 7.88. The molecule has 3 aromatic rings. The molecule has 12 heteroatoms. The van der Waals surface area contributed by atoms with Crippen molar-refractivity contribution >= 4 is 23.0 Å². The van der Waals surface area contributed by atoms with Crippen LogP contribution in [-0.4, -0.2) is 66.9 Å². The van der Waals surface area contributed by atoms with Crippen LogP contribution in [0.2, 0.25) is 0 Å². The second kappa shape index (κ2) is 14.6. The Morgan fingerprint density at radius 3 is 1.94 bits per heavy atom. The normalized spacial score (nSPS) is 31.6. The van der Waals surface area contributed by atoms with E-state index in [9.17, 15) is 13.0 Å². The van der Waals surface area contributed by atoms with E-state index in [1.807, 2.05) is 91.0 Å². The van der Waals surface area contributed by atoms with Crippen LogP contribution in [0.1, 0.15) is 43.4 Å². The molecule has 8 atom stereocenters. The molecule has 2 heterocycles. The third-order valence-electron chi connectivity index (χ3n) is 8.88. The Labute approximate surface area is 282 Å². The van der Waals surface area contributed by atoms with E-state index in [1.54, 1.807) is 13.8 Å². The van der Waals surface area contributed by atoms with E-state index in [0.29, 0.717) is 26.2 Å². The van der Waals surface area contributed by atoms with Crippen molar-refractivity contribution in [3.05, 3.63) is 108 Å². The fraction of sp³-hybridized carbons (Fsp3) is 0.486. The van der Waals surface area contributed by atoms with Gasteiger partial charge in [0.25, 0.3) is 0 Å². The van der Waals surface area contributed by atoms with Gasteiger partial charge in [-0.2, -0.15) is 21.0 Å². The summed E-state index contributed by atoms with van der Waals surface area (Å²) in [7, 11) is -4.84. The van der Waals surface area contributed by atoms with Gasteiger partial charge in [0.2, 0.25) is 0 Å². The Morgan fingerprint density at radius 1 is 0.809 bits per heavy atom. The Kier molecular flexibility index (Phi) is 10.7. The summed E-state index contributed by atoms with van der Waals surface area (Å²) in [5.41, 5.74) is 3.06. The summed E-state index contributed by atoms with van der Waals surface area (Å²) in [5.74, 6) is -1.33. The molecule has 6 rings (SSSR count). The summed E-state index contributed by atoms with van der Waals surface area (Å²) >= 11 is 5.31. The zero-order valence-corrected chi connectivity index (χ0v) is 28.1. The van der Waals surface area contributed by atoms with Gasteiger partial charge in [0.1, 0.15) is 12.2 Å². The van der Waals surface area contributed by atoms with Crippen LogP contribution in [0.4, 0.5) is 0 Å². The van der Waals surface area contributed by atoms with Crippen LogP contribution >= 0.6 is 12.6 Å². The molecule has 3 fully saturated rings. The van der Waals surface area contributed by atoms with Crippen molar-refractivity contribution < 1.29 is 45.6 Å². The maximum Gasteiger partial charge on any atom is 0.397 e. The average molecular weight is 687 g/mol. The molecule has 1 unspecified atom stereocenters. The lowest BCUT2D eigenvalue weighted by Crippen LogP contribution is -2.44. The summed E-state index contributed by atoms with van der Waals surface area (Å²) in [6, 6.07) is 29.7. The van der Waals surface area contributed by atoms with E-state index in [2.05, 4.69) is 0 Å². The molecule has 3 aliphatic rings. The Balaban J connectivity index is 1.28. The van der Waals surface area contributed by atoms with Gasteiger partial charge in [-0.15, -0.1) is 0 Å². The predicted octanol–water partition coefficient (Wildman–Crippen LogP) is 5.52. The van der Waals surface area contributed by atoms with Crippen molar-refractivity contribution in [2.75, 3.05) is 6.61 Å². The third-order valence-corrected chi connectivity index (χ3v) is 10.0. The molecule has 0 aromatic heterocycles. The predicted molar refractivity (Wildman–Crippen MR) is 176 cm³/mol. The molecular formula is C35H42O10S2. The topological polar surface area (TPSA) is 119 Å². The standard InChI is InChI=1S/C35H42O10S2/c1-34(2)43-32-31(45-47(36,37)38)29(42-33(32)44-34)19-35(46)18-28(40-21-25-14-8-4-9-15-25)30(41-22-26-16-10-5-11-17-26)27(35)23-39-20-24-12-6-3-7-13-24/h3-17,27-33,46H,18-23H2,1-2H3,(H,36,37,38)/t27-,28-,29-,30-,31+,32-,33-,35?/m1/s1. The van der Waals surface area contributed by atoms with Crippen molar-refractivity contribution in [1.29, 1.82) is 0 Å². The van der Waals surface area contributed by atoms with Gasteiger partial charge in [-0.05, 0) is 43.4 Å². The summed E-state index contributed by atoms with van der Waals surface area (Å²) in [6.45, 7) is 4.80. The largest absolute Gasteiger partial charge is 0.397 e. The summed E-state index contributed by atoms with van der Waals surface area (Å²) in [5, 5.41) is 0. The number of hydrogen-bond acceptors (Lipinski definition) is 10. The highest BCUT2D eigenvalue weighted by molar-refractivity contribution is 7.81.